The number of rotatable bonds is 5. The Hall–Kier alpha value is -2.04. The Kier molecular flexibility index (Phi) is 4.98. The van der Waals surface area contributed by atoms with Gasteiger partial charge in [0.2, 0.25) is 5.91 Å². The lowest BCUT2D eigenvalue weighted by Crippen LogP contribution is -2.43. The van der Waals surface area contributed by atoms with E-state index in [1.807, 2.05) is 18.2 Å². The van der Waals surface area contributed by atoms with Crippen molar-refractivity contribution in [1.82, 2.24) is 4.90 Å². The first kappa shape index (κ1) is 14.4. The Morgan fingerprint density at radius 3 is 2.85 bits per heavy atom. The number of amides is 1. The highest BCUT2D eigenvalue weighted by atomic mass is 16.4. The molecule has 1 aromatic carbocycles. The van der Waals surface area contributed by atoms with Crippen molar-refractivity contribution in [3.63, 3.8) is 0 Å². The molecule has 2 rings (SSSR count). The third kappa shape index (κ3) is 3.50. The van der Waals surface area contributed by atoms with Gasteiger partial charge in [-0.3, -0.25) is 4.79 Å². The average Bonchev–Trinajstić information content (AvgIpc) is 2.97. The van der Waals surface area contributed by atoms with Gasteiger partial charge in [0.05, 0.1) is 6.04 Å². The summed E-state index contributed by atoms with van der Waals surface area (Å²) in [5, 5.41) is 11.8. The zero-order valence-corrected chi connectivity index (χ0v) is 11.5. The van der Waals surface area contributed by atoms with E-state index in [-0.39, 0.29) is 17.8 Å². The SMILES string of the molecule is NC(=NO)C1CCCN1C(=O)CCCc1ccccc1. The number of carbonyl (C=O) groups excluding carboxylic acids is 1. The average molecular weight is 275 g/mol. The van der Waals surface area contributed by atoms with E-state index in [0.717, 1.165) is 25.7 Å². The van der Waals surface area contributed by atoms with Crippen LogP contribution in [-0.4, -0.2) is 34.4 Å². The molecule has 108 valence electrons. The van der Waals surface area contributed by atoms with Crippen LogP contribution in [0.2, 0.25) is 0 Å². The normalized spacial score (nSPS) is 19.3. The minimum Gasteiger partial charge on any atom is -0.409 e. The van der Waals surface area contributed by atoms with E-state index >= 15 is 0 Å². The summed E-state index contributed by atoms with van der Waals surface area (Å²) >= 11 is 0. The van der Waals surface area contributed by atoms with E-state index in [9.17, 15) is 4.79 Å². The number of carbonyl (C=O) groups is 1. The monoisotopic (exact) mass is 275 g/mol. The molecule has 0 saturated carbocycles. The molecule has 0 radical (unpaired) electrons. The van der Waals surface area contributed by atoms with Crippen molar-refractivity contribution in [2.75, 3.05) is 6.54 Å². The molecule has 0 aliphatic carbocycles. The number of amidine groups is 1. The minimum atomic E-state index is -0.232. The molecule has 1 unspecified atom stereocenters. The molecule has 0 aromatic heterocycles. The summed E-state index contributed by atoms with van der Waals surface area (Å²) in [6, 6.07) is 9.90. The molecular weight excluding hydrogens is 254 g/mol. The Morgan fingerprint density at radius 2 is 2.15 bits per heavy atom. The zero-order chi connectivity index (χ0) is 14.4. The molecule has 1 heterocycles. The minimum absolute atomic E-state index is 0.0926. The molecule has 1 aliphatic rings. The fourth-order valence-corrected chi connectivity index (χ4v) is 2.67. The van der Waals surface area contributed by atoms with Crippen molar-refractivity contribution in [1.29, 1.82) is 0 Å². The van der Waals surface area contributed by atoms with Crippen LogP contribution in [0.5, 0.6) is 0 Å². The van der Waals surface area contributed by atoms with Gasteiger partial charge in [-0.05, 0) is 31.2 Å². The lowest BCUT2D eigenvalue weighted by Gasteiger charge is -2.23. The number of nitrogens with two attached hydrogens (primary N) is 1. The predicted molar refractivity (Wildman–Crippen MR) is 77.5 cm³/mol. The van der Waals surface area contributed by atoms with Gasteiger partial charge in [-0.25, -0.2) is 0 Å². The van der Waals surface area contributed by atoms with E-state index in [0.29, 0.717) is 13.0 Å². The van der Waals surface area contributed by atoms with Crippen molar-refractivity contribution in [3.05, 3.63) is 35.9 Å². The number of aryl methyl sites for hydroxylation is 1. The maximum absolute atomic E-state index is 12.2. The lowest BCUT2D eigenvalue weighted by atomic mass is 10.1. The molecule has 1 aromatic rings. The number of oxime groups is 1. The quantitative estimate of drug-likeness (QED) is 0.372. The maximum Gasteiger partial charge on any atom is 0.223 e. The van der Waals surface area contributed by atoms with Crippen LogP contribution in [0.3, 0.4) is 0 Å². The number of hydrogen-bond acceptors (Lipinski definition) is 3. The second-order valence-corrected chi connectivity index (χ2v) is 5.11. The topological polar surface area (TPSA) is 78.9 Å². The lowest BCUT2D eigenvalue weighted by molar-refractivity contribution is -0.131. The fraction of sp³-hybridized carbons (Fsp3) is 0.467. The molecule has 0 bridgehead atoms. The fourth-order valence-electron chi connectivity index (χ4n) is 2.67. The molecule has 0 spiro atoms. The Balaban J connectivity index is 1.82. The largest absolute Gasteiger partial charge is 0.409 e. The van der Waals surface area contributed by atoms with Crippen LogP contribution >= 0.6 is 0 Å². The summed E-state index contributed by atoms with van der Waals surface area (Å²) in [4.78, 5) is 13.9. The third-order valence-electron chi connectivity index (χ3n) is 3.73. The van der Waals surface area contributed by atoms with E-state index in [1.165, 1.54) is 5.56 Å². The summed E-state index contributed by atoms with van der Waals surface area (Å²) in [6.45, 7) is 0.699. The van der Waals surface area contributed by atoms with Gasteiger partial charge in [0.15, 0.2) is 5.84 Å². The Morgan fingerprint density at radius 1 is 1.40 bits per heavy atom. The van der Waals surface area contributed by atoms with E-state index in [1.54, 1.807) is 4.90 Å². The molecule has 3 N–H and O–H groups in total. The number of hydrogen-bond donors (Lipinski definition) is 2. The van der Waals surface area contributed by atoms with Crippen LogP contribution < -0.4 is 5.73 Å². The Labute approximate surface area is 119 Å². The van der Waals surface area contributed by atoms with Gasteiger partial charge in [-0.15, -0.1) is 0 Å². The van der Waals surface area contributed by atoms with Crippen LogP contribution in [0.15, 0.2) is 35.5 Å². The summed E-state index contributed by atoms with van der Waals surface area (Å²) in [5.74, 6) is 0.231. The Bertz CT molecular complexity index is 473. The molecular formula is C15H21N3O2. The summed E-state index contributed by atoms with van der Waals surface area (Å²) < 4.78 is 0. The molecule has 5 heteroatoms. The van der Waals surface area contributed by atoms with Crippen LogP contribution in [0.1, 0.15) is 31.2 Å². The number of nitrogens with zero attached hydrogens (tertiary/aromatic N) is 2. The van der Waals surface area contributed by atoms with Gasteiger partial charge in [0, 0.05) is 13.0 Å². The van der Waals surface area contributed by atoms with Crippen LogP contribution in [0, 0.1) is 0 Å². The first-order chi connectivity index (χ1) is 9.72. The highest BCUT2D eigenvalue weighted by Gasteiger charge is 2.31. The van der Waals surface area contributed by atoms with Crippen molar-refractivity contribution >= 4 is 11.7 Å². The zero-order valence-electron chi connectivity index (χ0n) is 11.5. The molecule has 1 fully saturated rings. The van der Waals surface area contributed by atoms with Crippen LogP contribution in [0.25, 0.3) is 0 Å². The smallest absolute Gasteiger partial charge is 0.223 e. The van der Waals surface area contributed by atoms with Gasteiger partial charge >= 0.3 is 0 Å². The molecule has 1 atom stereocenters. The van der Waals surface area contributed by atoms with Gasteiger partial charge in [0.25, 0.3) is 0 Å². The van der Waals surface area contributed by atoms with Gasteiger partial charge < -0.3 is 15.8 Å². The second-order valence-electron chi connectivity index (χ2n) is 5.11. The predicted octanol–water partition coefficient (Wildman–Crippen LogP) is 1.75. The second kappa shape index (κ2) is 6.93. The van der Waals surface area contributed by atoms with Crippen molar-refractivity contribution in [2.24, 2.45) is 10.9 Å². The van der Waals surface area contributed by atoms with E-state index in [2.05, 4.69) is 17.3 Å². The first-order valence-corrected chi connectivity index (χ1v) is 7.03. The molecule has 5 nitrogen and oxygen atoms in total. The van der Waals surface area contributed by atoms with Gasteiger partial charge in [-0.1, -0.05) is 35.5 Å². The highest BCUT2D eigenvalue weighted by molar-refractivity contribution is 5.90. The van der Waals surface area contributed by atoms with Crippen LogP contribution in [-0.2, 0) is 11.2 Å². The first-order valence-electron chi connectivity index (χ1n) is 7.03. The summed E-state index contributed by atoms with van der Waals surface area (Å²) in [6.07, 6.45) is 3.91. The highest BCUT2D eigenvalue weighted by Crippen LogP contribution is 2.19. The number of benzene rings is 1. The molecule has 1 saturated heterocycles. The standard InChI is InChI=1S/C15H21N3O2/c16-15(17-20)13-9-5-11-18(13)14(19)10-4-8-12-6-2-1-3-7-12/h1-3,6-7,13,20H,4-5,8-11H2,(H2,16,17). The summed E-state index contributed by atoms with van der Waals surface area (Å²) in [7, 11) is 0. The number of likely N-dealkylation sites (tertiary alicyclic amines) is 1. The third-order valence-corrected chi connectivity index (χ3v) is 3.73. The molecule has 1 amide bonds. The molecule has 1 aliphatic heterocycles. The molecule has 20 heavy (non-hydrogen) atoms. The van der Waals surface area contributed by atoms with E-state index < -0.39 is 0 Å². The van der Waals surface area contributed by atoms with Crippen molar-refractivity contribution in [2.45, 2.75) is 38.1 Å². The van der Waals surface area contributed by atoms with Crippen molar-refractivity contribution in [3.8, 4) is 0 Å². The van der Waals surface area contributed by atoms with Crippen LogP contribution in [0.4, 0.5) is 0 Å². The van der Waals surface area contributed by atoms with Crippen molar-refractivity contribution < 1.29 is 10.0 Å². The van der Waals surface area contributed by atoms with Gasteiger partial charge in [0.1, 0.15) is 0 Å². The maximum atomic E-state index is 12.2. The van der Waals surface area contributed by atoms with E-state index in [4.69, 9.17) is 10.9 Å². The van der Waals surface area contributed by atoms with Gasteiger partial charge in [-0.2, -0.15) is 0 Å². The summed E-state index contributed by atoms with van der Waals surface area (Å²) in [5.41, 5.74) is 6.88.